The molecule has 120 valence electrons. The fourth-order valence-electron chi connectivity index (χ4n) is 3.18. The van der Waals surface area contributed by atoms with Crippen molar-refractivity contribution in [3.05, 3.63) is 28.5 Å². The Morgan fingerprint density at radius 3 is 2.95 bits per heavy atom. The molecule has 2 aliphatic rings. The van der Waals surface area contributed by atoms with Gasteiger partial charge in [0.25, 0.3) is 0 Å². The summed E-state index contributed by atoms with van der Waals surface area (Å²) in [6.07, 6.45) is 7.03. The molecule has 0 spiro atoms. The molecule has 2 fully saturated rings. The van der Waals surface area contributed by atoms with Gasteiger partial charge in [-0.05, 0) is 55.8 Å². The minimum Gasteiger partial charge on any atom is -0.380 e. The molecule has 4 nitrogen and oxygen atoms in total. The van der Waals surface area contributed by atoms with Crippen LogP contribution in [0.25, 0.3) is 6.08 Å². The second-order valence-electron chi connectivity index (χ2n) is 6.09. The van der Waals surface area contributed by atoms with Gasteiger partial charge in [-0.15, -0.1) is 11.3 Å². The van der Waals surface area contributed by atoms with Gasteiger partial charge in [0.05, 0.1) is 6.61 Å². The van der Waals surface area contributed by atoms with Crippen LogP contribution in [0.2, 0.25) is 0 Å². The van der Waals surface area contributed by atoms with Crippen molar-refractivity contribution < 1.29 is 9.53 Å². The molecule has 0 saturated carbocycles. The number of hydrogen-bond acceptors (Lipinski definition) is 4. The van der Waals surface area contributed by atoms with Gasteiger partial charge in [0.2, 0.25) is 5.91 Å². The summed E-state index contributed by atoms with van der Waals surface area (Å²) in [6.45, 7) is 4.88. The molecule has 0 aromatic carbocycles. The summed E-state index contributed by atoms with van der Waals surface area (Å²) in [5, 5.41) is 5.05. The zero-order chi connectivity index (χ0) is 15.2. The molecule has 1 aromatic heterocycles. The van der Waals surface area contributed by atoms with Gasteiger partial charge in [-0.2, -0.15) is 0 Å². The van der Waals surface area contributed by atoms with Crippen molar-refractivity contribution in [3.8, 4) is 0 Å². The highest BCUT2D eigenvalue weighted by atomic mass is 32.1. The van der Waals surface area contributed by atoms with E-state index in [0.717, 1.165) is 37.7 Å². The van der Waals surface area contributed by atoms with E-state index < -0.39 is 0 Å². The van der Waals surface area contributed by atoms with Crippen LogP contribution in [0.4, 0.5) is 0 Å². The largest absolute Gasteiger partial charge is 0.380 e. The van der Waals surface area contributed by atoms with Crippen LogP contribution in [-0.4, -0.2) is 49.7 Å². The lowest BCUT2D eigenvalue weighted by molar-refractivity contribution is -0.116. The number of ether oxygens (including phenoxy) is 1. The second kappa shape index (κ2) is 7.90. The lowest BCUT2D eigenvalue weighted by Crippen LogP contribution is -2.43. The van der Waals surface area contributed by atoms with E-state index in [-0.39, 0.29) is 5.91 Å². The van der Waals surface area contributed by atoms with Crippen LogP contribution in [0, 0.1) is 5.92 Å². The Labute approximate surface area is 136 Å². The van der Waals surface area contributed by atoms with E-state index in [0.29, 0.717) is 12.0 Å². The fourth-order valence-corrected chi connectivity index (χ4v) is 3.80. The van der Waals surface area contributed by atoms with E-state index in [4.69, 9.17) is 4.74 Å². The fraction of sp³-hybridized carbons (Fsp3) is 0.588. The van der Waals surface area contributed by atoms with Crippen LogP contribution in [0.1, 0.15) is 24.1 Å². The number of piperidine rings is 1. The number of likely N-dealkylation sites (tertiary alicyclic amines) is 1. The van der Waals surface area contributed by atoms with E-state index in [9.17, 15) is 4.79 Å². The standard InChI is InChI=1S/C17H24N2O2S/c20-17(4-3-16-2-1-11-22-16)18-12-14-5-8-19(9-6-14)15-7-10-21-13-15/h1-4,11,14-15H,5-10,12-13H2,(H,18,20)/b4-3+/t15-/m1/s1. The molecule has 5 heteroatoms. The first-order valence-electron chi connectivity index (χ1n) is 8.12. The van der Waals surface area contributed by atoms with Crippen molar-refractivity contribution in [2.75, 3.05) is 32.8 Å². The third-order valence-corrected chi connectivity index (χ3v) is 5.42. The molecule has 0 aliphatic carbocycles. The summed E-state index contributed by atoms with van der Waals surface area (Å²) in [4.78, 5) is 15.5. The molecular formula is C17H24N2O2S. The number of nitrogens with zero attached hydrogens (tertiary/aromatic N) is 1. The summed E-state index contributed by atoms with van der Waals surface area (Å²) in [7, 11) is 0. The van der Waals surface area contributed by atoms with Crippen LogP contribution < -0.4 is 5.32 Å². The minimum atomic E-state index is 0.0139. The first-order chi connectivity index (χ1) is 10.8. The zero-order valence-corrected chi connectivity index (χ0v) is 13.7. The number of carbonyl (C=O) groups excluding carboxylic acids is 1. The quantitative estimate of drug-likeness (QED) is 0.847. The van der Waals surface area contributed by atoms with Gasteiger partial charge in [-0.1, -0.05) is 6.07 Å². The van der Waals surface area contributed by atoms with Gasteiger partial charge in [0.1, 0.15) is 0 Å². The van der Waals surface area contributed by atoms with E-state index in [1.807, 2.05) is 23.6 Å². The summed E-state index contributed by atoms with van der Waals surface area (Å²) >= 11 is 1.64. The van der Waals surface area contributed by atoms with E-state index in [2.05, 4.69) is 10.2 Å². The van der Waals surface area contributed by atoms with Gasteiger partial charge < -0.3 is 10.1 Å². The smallest absolute Gasteiger partial charge is 0.244 e. The average Bonchev–Trinajstić information content (AvgIpc) is 3.24. The first kappa shape index (κ1) is 15.7. The SMILES string of the molecule is O=C(/C=C/c1cccs1)NCC1CCN([C@@H]2CCOC2)CC1. The topological polar surface area (TPSA) is 41.6 Å². The van der Waals surface area contributed by atoms with Crippen molar-refractivity contribution in [1.29, 1.82) is 0 Å². The number of thiophene rings is 1. The van der Waals surface area contributed by atoms with E-state index in [1.54, 1.807) is 17.4 Å². The predicted octanol–water partition coefficient (Wildman–Crippen LogP) is 2.38. The van der Waals surface area contributed by atoms with Gasteiger partial charge >= 0.3 is 0 Å². The molecule has 2 saturated heterocycles. The lowest BCUT2D eigenvalue weighted by atomic mass is 9.95. The molecule has 2 aliphatic heterocycles. The summed E-state index contributed by atoms with van der Waals surface area (Å²) in [6, 6.07) is 4.63. The summed E-state index contributed by atoms with van der Waals surface area (Å²) < 4.78 is 5.47. The zero-order valence-electron chi connectivity index (χ0n) is 12.9. The Bertz CT molecular complexity index is 487. The average molecular weight is 320 g/mol. The van der Waals surface area contributed by atoms with E-state index >= 15 is 0 Å². The van der Waals surface area contributed by atoms with E-state index in [1.165, 1.54) is 19.3 Å². The number of hydrogen-bond donors (Lipinski definition) is 1. The molecule has 0 unspecified atom stereocenters. The Morgan fingerprint density at radius 1 is 1.41 bits per heavy atom. The molecule has 1 aromatic rings. The lowest BCUT2D eigenvalue weighted by Gasteiger charge is -2.35. The van der Waals surface area contributed by atoms with Crippen LogP contribution >= 0.6 is 11.3 Å². The number of rotatable bonds is 5. The Hall–Kier alpha value is -1.17. The molecule has 0 bridgehead atoms. The van der Waals surface area contributed by atoms with Crippen LogP contribution in [0.5, 0.6) is 0 Å². The molecule has 3 rings (SSSR count). The van der Waals surface area contributed by atoms with Crippen LogP contribution in [0.3, 0.4) is 0 Å². The Morgan fingerprint density at radius 2 is 2.27 bits per heavy atom. The summed E-state index contributed by atoms with van der Waals surface area (Å²) in [5.74, 6) is 0.623. The third-order valence-electron chi connectivity index (χ3n) is 4.58. The van der Waals surface area contributed by atoms with Crippen LogP contribution in [0.15, 0.2) is 23.6 Å². The monoisotopic (exact) mass is 320 g/mol. The highest BCUT2D eigenvalue weighted by molar-refractivity contribution is 7.10. The van der Waals surface area contributed by atoms with Crippen molar-refractivity contribution in [2.45, 2.75) is 25.3 Å². The van der Waals surface area contributed by atoms with Crippen molar-refractivity contribution in [3.63, 3.8) is 0 Å². The predicted molar refractivity (Wildman–Crippen MR) is 89.9 cm³/mol. The molecule has 0 radical (unpaired) electrons. The van der Waals surface area contributed by atoms with Gasteiger partial charge in [-0.25, -0.2) is 0 Å². The number of nitrogens with one attached hydrogen (secondary N) is 1. The third kappa shape index (κ3) is 4.41. The first-order valence-corrected chi connectivity index (χ1v) is 9.00. The highest BCUT2D eigenvalue weighted by Crippen LogP contribution is 2.21. The Balaban J connectivity index is 1.35. The normalized spacial score (nSPS) is 24.1. The van der Waals surface area contributed by atoms with Crippen molar-refractivity contribution in [1.82, 2.24) is 10.2 Å². The van der Waals surface area contributed by atoms with Gasteiger partial charge in [-0.3, -0.25) is 9.69 Å². The van der Waals surface area contributed by atoms with Crippen molar-refractivity contribution in [2.24, 2.45) is 5.92 Å². The molecule has 1 amide bonds. The van der Waals surface area contributed by atoms with Crippen LogP contribution in [-0.2, 0) is 9.53 Å². The number of amides is 1. The molecule has 22 heavy (non-hydrogen) atoms. The van der Waals surface area contributed by atoms with Crippen molar-refractivity contribution >= 4 is 23.3 Å². The highest BCUT2D eigenvalue weighted by Gasteiger charge is 2.27. The number of carbonyl (C=O) groups is 1. The second-order valence-corrected chi connectivity index (χ2v) is 7.07. The minimum absolute atomic E-state index is 0.0139. The molecular weight excluding hydrogens is 296 g/mol. The Kier molecular flexibility index (Phi) is 5.64. The summed E-state index contributed by atoms with van der Waals surface area (Å²) in [5.41, 5.74) is 0. The maximum absolute atomic E-state index is 11.8. The molecule has 1 N–H and O–H groups in total. The molecule has 3 heterocycles. The maximum Gasteiger partial charge on any atom is 0.244 e. The maximum atomic E-state index is 11.8. The molecule has 1 atom stereocenters. The van der Waals surface area contributed by atoms with Gasteiger partial charge in [0, 0.05) is 30.1 Å². The van der Waals surface area contributed by atoms with Gasteiger partial charge in [0.15, 0.2) is 0 Å².